The zero-order chi connectivity index (χ0) is 13.6. The van der Waals surface area contributed by atoms with Gasteiger partial charge in [0.1, 0.15) is 0 Å². The first-order valence-electron chi connectivity index (χ1n) is 6.48. The van der Waals surface area contributed by atoms with Gasteiger partial charge in [0, 0.05) is 12.8 Å². The summed E-state index contributed by atoms with van der Waals surface area (Å²) < 4.78 is 22.7. The monoisotopic (exact) mass is 270 g/mol. The molecule has 2 aliphatic rings. The van der Waals surface area contributed by atoms with Gasteiger partial charge in [-0.05, 0) is 12.4 Å². The Bertz CT molecular complexity index is 281. The Kier molecular flexibility index (Phi) is 5.21. The number of hydrogen-bond donors (Lipinski definition) is 2. The molecule has 19 heavy (non-hydrogen) atoms. The summed E-state index contributed by atoms with van der Waals surface area (Å²) in [6.07, 6.45) is 7.54. The third kappa shape index (κ3) is 3.94. The Morgan fingerprint density at radius 1 is 0.789 bits per heavy atom. The molecule has 0 atom stereocenters. The summed E-state index contributed by atoms with van der Waals surface area (Å²) in [5.74, 6) is 0. The average molecular weight is 270 g/mol. The van der Waals surface area contributed by atoms with Gasteiger partial charge in [0.2, 0.25) is 0 Å². The maximum Gasteiger partial charge on any atom is 0.161 e. The van der Waals surface area contributed by atoms with E-state index in [1.54, 1.807) is 0 Å². The molecular weight excluding hydrogens is 248 g/mol. The molecule has 0 aromatic carbocycles. The Morgan fingerprint density at radius 3 is 1.47 bits per heavy atom. The Hall–Kier alpha value is -1.08. The van der Waals surface area contributed by atoms with E-state index in [0.29, 0.717) is 39.3 Å². The molecule has 0 aromatic heterocycles. The van der Waals surface area contributed by atoms with Gasteiger partial charge in [0.15, 0.2) is 12.6 Å². The van der Waals surface area contributed by atoms with E-state index in [9.17, 15) is 0 Å². The lowest BCUT2D eigenvalue weighted by Gasteiger charge is -2.43. The molecule has 108 valence electrons. The van der Waals surface area contributed by atoms with Crippen LogP contribution in [0.1, 0.15) is 12.8 Å². The first-order valence-corrected chi connectivity index (χ1v) is 6.48. The second-order valence-electron chi connectivity index (χ2n) is 4.93. The van der Waals surface area contributed by atoms with Crippen LogP contribution in [-0.2, 0) is 18.9 Å². The van der Waals surface area contributed by atoms with Crippen LogP contribution in [0.2, 0.25) is 0 Å². The van der Waals surface area contributed by atoms with E-state index in [4.69, 9.17) is 30.4 Å². The molecule has 0 bridgehead atoms. The maximum absolute atomic E-state index is 5.67. The van der Waals surface area contributed by atoms with Gasteiger partial charge < -0.3 is 30.4 Å². The smallest absolute Gasteiger partial charge is 0.161 e. The lowest BCUT2D eigenvalue weighted by Crippen LogP contribution is -2.52. The summed E-state index contributed by atoms with van der Waals surface area (Å²) in [7, 11) is 0. The molecule has 0 saturated carbocycles. The van der Waals surface area contributed by atoms with Gasteiger partial charge in [-0.3, -0.25) is 0 Å². The van der Waals surface area contributed by atoms with Crippen LogP contribution < -0.4 is 11.5 Å². The molecule has 2 aliphatic heterocycles. The zero-order valence-electron chi connectivity index (χ0n) is 11.0. The minimum absolute atomic E-state index is 0.189. The van der Waals surface area contributed by atoms with Gasteiger partial charge in [-0.2, -0.15) is 0 Å². The normalized spacial score (nSPS) is 36.4. The van der Waals surface area contributed by atoms with Crippen molar-refractivity contribution in [3.05, 3.63) is 24.6 Å². The fourth-order valence-corrected chi connectivity index (χ4v) is 2.08. The van der Waals surface area contributed by atoms with Crippen LogP contribution in [0.5, 0.6) is 0 Å². The Morgan fingerprint density at radius 2 is 1.16 bits per heavy atom. The molecule has 0 amide bonds. The van der Waals surface area contributed by atoms with Crippen LogP contribution in [0, 0.1) is 5.41 Å². The minimum atomic E-state index is -0.219. The molecule has 0 aliphatic carbocycles. The van der Waals surface area contributed by atoms with E-state index in [1.807, 2.05) is 12.2 Å². The lowest BCUT2D eigenvalue weighted by atomic mass is 9.90. The van der Waals surface area contributed by atoms with Crippen molar-refractivity contribution >= 4 is 0 Å². The van der Waals surface area contributed by atoms with Crippen molar-refractivity contribution in [2.45, 2.75) is 25.4 Å². The standard InChI is InChI=1S/C13H22N2O4/c14-5-1-3-11-16-7-13(8-17-11)9-18-12(19-10-13)4-2-6-15/h1-2,5-6,11-12H,3-4,7-10,14-15H2. The van der Waals surface area contributed by atoms with Crippen LogP contribution in [0.4, 0.5) is 0 Å². The Balaban J connectivity index is 1.75. The van der Waals surface area contributed by atoms with Gasteiger partial charge in [-0.15, -0.1) is 0 Å². The van der Waals surface area contributed by atoms with Crippen LogP contribution in [0.25, 0.3) is 0 Å². The molecule has 2 fully saturated rings. The fraction of sp³-hybridized carbons (Fsp3) is 0.692. The second kappa shape index (κ2) is 6.91. The number of rotatable bonds is 4. The first-order chi connectivity index (χ1) is 9.28. The Labute approximate surface area is 113 Å². The molecule has 0 aromatic rings. The molecule has 6 heteroatoms. The highest BCUT2D eigenvalue weighted by atomic mass is 16.7. The van der Waals surface area contributed by atoms with Crippen molar-refractivity contribution in [2.24, 2.45) is 16.9 Å². The summed E-state index contributed by atoms with van der Waals surface area (Å²) >= 11 is 0. The average Bonchev–Trinajstić information content (AvgIpc) is 2.46. The van der Waals surface area contributed by atoms with Crippen LogP contribution in [-0.4, -0.2) is 39.0 Å². The van der Waals surface area contributed by atoms with Crippen LogP contribution in [0.15, 0.2) is 24.6 Å². The molecule has 0 radical (unpaired) electrons. The van der Waals surface area contributed by atoms with E-state index in [2.05, 4.69) is 0 Å². The van der Waals surface area contributed by atoms with E-state index < -0.39 is 0 Å². The largest absolute Gasteiger partial charge is 0.405 e. The minimum Gasteiger partial charge on any atom is -0.405 e. The van der Waals surface area contributed by atoms with Crippen molar-refractivity contribution in [1.29, 1.82) is 0 Å². The fourth-order valence-electron chi connectivity index (χ4n) is 2.08. The predicted molar refractivity (Wildman–Crippen MR) is 69.7 cm³/mol. The number of ether oxygens (including phenoxy) is 4. The van der Waals surface area contributed by atoms with E-state index in [-0.39, 0.29) is 18.0 Å². The topological polar surface area (TPSA) is 89.0 Å². The van der Waals surface area contributed by atoms with E-state index in [0.717, 1.165) is 0 Å². The maximum atomic E-state index is 5.67. The van der Waals surface area contributed by atoms with Gasteiger partial charge in [0.25, 0.3) is 0 Å². The van der Waals surface area contributed by atoms with Gasteiger partial charge in [-0.1, -0.05) is 12.2 Å². The molecule has 2 rings (SSSR count). The summed E-state index contributed by atoms with van der Waals surface area (Å²) in [5, 5.41) is 0. The zero-order valence-corrected chi connectivity index (χ0v) is 11.0. The summed E-state index contributed by atoms with van der Waals surface area (Å²) in [6, 6.07) is 0. The highest BCUT2D eigenvalue weighted by Gasteiger charge is 2.41. The van der Waals surface area contributed by atoms with E-state index in [1.165, 1.54) is 12.4 Å². The molecule has 2 saturated heterocycles. The summed E-state index contributed by atoms with van der Waals surface area (Å²) in [5.41, 5.74) is 10.4. The molecule has 1 spiro atoms. The molecule has 2 heterocycles. The van der Waals surface area contributed by atoms with Crippen molar-refractivity contribution in [2.75, 3.05) is 26.4 Å². The second-order valence-corrected chi connectivity index (χ2v) is 4.93. The van der Waals surface area contributed by atoms with Crippen molar-refractivity contribution in [3.8, 4) is 0 Å². The van der Waals surface area contributed by atoms with Gasteiger partial charge in [-0.25, -0.2) is 0 Å². The first kappa shape index (κ1) is 14.3. The van der Waals surface area contributed by atoms with Gasteiger partial charge >= 0.3 is 0 Å². The molecular formula is C13H22N2O4. The molecule has 6 nitrogen and oxygen atoms in total. The SMILES string of the molecule is NC=CCC1OCC2(CO1)COC(CC=CN)OC2. The van der Waals surface area contributed by atoms with Crippen LogP contribution in [0.3, 0.4) is 0 Å². The number of hydrogen-bond acceptors (Lipinski definition) is 6. The quantitative estimate of drug-likeness (QED) is 0.770. The predicted octanol–water partition coefficient (Wildman–Crippen LogP) is 0.444. The highest BCUT2D eigenvalue weighted by molar-refractivity contribution is 4.87. The summed E-state index contributed by atoms with van der Waals surface area (Å²) in [6.45, 7) is 2.32. The van der Waals surface area contributed by atoms with E-state index >= 15 is 0 Å². The van der Waals surface area contributed by atoms with Gasteiger partial charge in [0.05, 0.1) is 31.8 Å². The third-order valence-corrected chi connectivity index (χ3v) is 3.23. The number of nitrogens with two attached hydrogens (primary N) is 2. The highest BCUT2D eigenvalue weighted by Crippen LogP contribution is 2.31. The van der Waals surface area contributed by atoms with Crippen molar-refractivity contribution in [1.82, 2.24) is 0 Å². The van der Waals surface area contributed by atoms with Crippen molar-refractivity contribution in [3.63, 3.8) is 0 Å². The lowest BCUT2D eigenvalue weighted by molar-refractivity contribution is -0.300. The van der Waals surface area contributed by atoms with Crippen LogP contribution >= 0.6 is 0 Å². The molecule has 0 unspecified atom stereocenters. The third-order valence-electron chi connectivity index (χ3n) is 3.23. The van der Waals surface area contributed by atoms with Crippen molar-refractivity contribution < 1.29 is 18.9 Å². The molecule has 4 N–H and O–H groups in total. The summed E-state index contributed by atoms with van der Waals surface area (Å²) in [4.78, 5) is 0.